The van der Waals surface area contributed by atoms with Crippen molar-refractivity contribution in [1.29, 1.82) is 0 Å². The van der Waals surface area contributed by atoms with Crippen LogP contribution in [0.3, 0.4) is 0 Å². The van der Waals surface area contributed by atoms with Crippen molar-refractivity contribution in [3.05, 3.63) is 24.3 Å². The molecule has 0 amide bonds. The van der Waals surface area contributed by atoms with Crippen LogP contribution >= 0.6 is 0 Å². The van der Waals surface area contributed by atoms with E-state index < -0.39 is 0 Å². The van der Waals surface area contributed by atoms with Crippen LogP contribution in [0.25, 0.3) is 0 Å². The molecule has 0 aromatic heterocycles. The fourth-order valence-corrected chi connectivity index (χ4v) is 2.69. The number of nitrogens with zero attached hydrogens (tertiary/aromatic N) is 1. The highest BCUT2D eigenvalue weighted by Crippen LogP contribution is 2.23. The monoisotopic (exact) mass is 276 g/mol. The van der Waals surface area contributed by atoms with E-state index >= 15 is 0 Å². The van der Waals surface area contributed by atoms with Crippen LogP contribution in [0.4, 0.5) is 5.69 Å². The van der Waals surface area contributed by atoms with E-state index in [1.54, 1.807) is 0 Å². The lowest BCUT2D eigenvalue weighted by Gasteiger charge is -2.38. The Bertz CT molecular complexity index is 402. The summed E-state index contributed by atoms with van der Waals surface area (Å²) in [4.78, 5) is 2.48. The van der Waals surface area contributed by atoms with E-state index in [1.165, 1.54) is 12.1 Å². The second-order valence-corrected chi connectivity index (χ2v) is 6.05. The van der Waals surface area contributed by atoms with Crippen LogP contribution in [-0.4, -0.2) is 31.8 Å². The fraction of sp³-hybridized carbons (Fsp3) is 0.647. The molecule has 1 heterocycles. The molecule has 0 saturated carbocycles. The first-order valence-corrected chi connectivity index (χ1v) is 7.85. The molecule has 1 aliphatic rings. The molecular formula is C17H28N2O. The van der Waals surface area contributed by atoms with Crippen molar-refractivity contribution >= 4 is 5.69 Å². The first-order chi connectivity index (χ1) is 9.60. The summed E-state index contributed by atoms with van der Waals surface area (Å²) < 4.78 is 5.70. The SMILES string of the molecule is CCC(C)C1CN(c2ccc(OC(C)C)cc2)CCN1. The van der Waals surface area contributed by atoms with Crippen molar-refractivity contribution < 1.29 is 4.74 Å². The lowest BCUT2D eigenvalue weighted by Crippen LogP contribution is -2.53. The molecule has 2 unspecified atom stereocenters. The third kappa shape index (κ3) is 3.89. The predicted molar refractivity (Wildman–Crippen MR) is 85.7 cm³/mol. The molecule has 1 aromatic carbocycles. The Balaban J connectivity index is 2.00. The molecule has 2 rings (SSSR count). The molecule has 3 heteroatoms. The molecule has 0 bridgehead atoms. The largest absolute Gasteiger partial charge is 0.491 e. The maximum absolute atomic E-state index is 5.70. The van der Waals surface area contributed by atoms with E-state index in [0.717, 1.165) is 31.3 Å². The highest BCUT2D eigenvalue weighted by molar-refractivity contribution is 5.49. The minimum atomic E-state index is 0.231. The average Bonchev–Trinajstić information content (AvgIpc) is 2.47. The lowest BCUT2D eigenvalue weighted by molar-refractivity contribution is 0.242. The summed E-state index contributed by atoms with van der Waals surface area (Å²) in [5.41, 5.74) is 1.30. The maximum Gasteiger partial charge on any atom is 0.119 e. The van der Waals surface area contributed by atoms with E-state index in [0.29, 0.717) is 6.04 Å². The summed E-state index contributed by atoms with van der Waals surface area (Å²) in [7, 11) is 0. The number of rotatable bonds is 5. The molecule has 1 fully saturated rings. The van der Waals surface area contributed by atoms with E-state index in [9.17, 15) is 0 Å². The molecule has 1 aromatic rings. The second-order valence-electron chi connectivity index (χ2n) is 6.05. The van der Waals surface area contributed by atoms with Crippen molar-refractivity contribution in [2.45, 2.75) is 46.3 Å². The first kappa shape index (κ1) is 15.2. The van der Waals surface area contributed by atoms with Gasteiger partial charge in [0.15, 0.2) is 0 Å². The number of anilines is 1. The summed E-state index contributed by atoms with van der Waals surface area (Å²) >= 11 is 0. The molecule has 3 nitrogen and oxygen atoms in total. The van der Waals surface area contributed by atoms with Crippen LogP contribution < -0.4 is 15.0 Å². The summed E-state index contributed by atoms with van der Waals surface area (Å²) in [6.07, 6.45) is 1.46. The molecule has 1 saturated heterocycles. The van der Waals surface area contributed by atoms with Crippen LogP contribution in [-0.2, 0) is 0 Å². The van der Waals surface area contributed by atoms with Crippen LogP contribution in [0.5, 0.6) is 5.75 Å². The zero-order valence-corrected chi connectivity index (χ0v) is 13.2. The standard InChI is InChI=1S/C17H28N2O/c1-5-14(4)17-12-19(11-10-18-17)15-6-8-16(9-7-15)20-13(2)3/h6-9,13-14,17-18H,5,10-12H2,1-4H3. The molecule has 0 aliphatic carbocycles. The summed E-state index contributed by atoms with van der Waals surface area (Å²) in [5.74, 6) is 1.68. The minimum Gasteiger partial charge on any atom is -0.491 e. The summed E-state index contributed by atoms with van der Waals surface area (Å²) in [6.45, 7) is 12.0. The van der Waals surface area contributed by atoms with Gasteiger partial charge >= 0.3 is 0 Å². The van der Waals surface area contributed by atoms with Crippen LogP contribution in [0.15, 0.2) is 24.3 Å². The van der Waals surface area contributed by atoms with Crippen molar-refractivity contribution in [1.82, 2.24) is 5.32 Å². The normalized spacial score (nSPS) is 21.1. The third-order valence-corrected chi connectivity index (χ3v) is 4.11. The summed E-state index contributed by atoms with van der Waals surface area (Å²) in [5, 5.41) is 3.64. The zero-order chi connectivity index (χ0) is 14.5. The van der Waals surface area contributed by atoms with Crippen LogP contribution in [0, 0.1) is 5.92 Å². The van der Waals surface area contributed by atoms with E-state index in [-0.39, 0.29) is 6.10 Å². The molecule has 20 heavy (non-hydrogen) atoms. The van der Waals surface area contributed by atoms with E-state index in [4.69, 9.17) is 4.74 Å². The molecule has 2 atom stereocenters. The lowest BCUT2D eigenvalue weighted by atomic mass is 9.97. The Labute approximate surface area is 123 Å². The zero-order valence-electron chi connectivity index (χ0n) is 13.2. The number of benzene rings is 1. The highest BCUT2D eigenvalue weighted by Gasteiger charge is 2.23. The Hall–Kier alpha value is -1.22. The van der Waals surface area contributed by atoms with Gasteiger partial charge in [0.1, 0.15) is 5.75 Å². The van der Waals surface area contributed by atoms with Gasteiger partial charge in [0.05, 0.1) is 6.10 Å². The molecule has 112 valence electrons. The smallest absolute Gasteiger partial charge is 0.119 e. The minimum absolute atomic E-state index is 0.231. The molecule has 1 aliphatic heterocycles. The highest BCUT2D eigenvalue weighted by atomic mass is 16.5. The van der Waals surface area contributed by atoms with E-state index in [2.05, 4.69) is 62.2 Å². The van der Waals surface area contributed by atoms with Crippen molar-refractivity contribution in [2.24, 2.45) is 5.92 Å². The van der Waals surface area contributed by atoms with Crippen LogP contribution in [0.2, 0.25) is 0 Å². The van der Waals surface area contributed by atoms with Gasteiger partial charge in [0, 0.05) is 31.4 Å². The van der Waals surface area contributed by atoms with Crippen molar-refractivity contribution in [2.75, 3.05) is 24.5 Å². The number of piperazine rings is 1. The van der Waals surface area contributed by atoms with Gasteiger partial charge in [-0.15, -0.1) is 0 Å². The van der Waals surface area contributed by atoms with Gasteiger partial charge in [-0.1, -0.05) is 20.3 Å². The average molecular weight is 276 g/mol. The quantitative estimate of drug-likeness (QED) is 0.893. The van der Waals surface area contributed by atoms with Crippen LogP contribution in [0.1, 0.15) is 34.1 Å². The van der Waals surface area contributed by atoms with Gasteiger partial charge in [-0.05, 0) is 44.0 Å². The van der Waals surface area contributed by atoms with Crippen molar-refractivity contribution in [3.8, 4) is 5.75 Å². The number of nitrogens with one attached hydrogen (secondary N) is 1. The molecule has 1 N–H and O–H groups in total. The van der Waals surface area contributed by atoms with Crippen molar-refractivity contribution in [3.63, 3.8) is 0 Å². The maximum atomic E-state index is 5.70. The molecule has 0 spiro atoms. The predicted octanol–water partition coefficient (Wildman–Crippen LogP) is 3.30. The molecule has 0 radical (unpaired) electrons. The van der Waals surface area contributed by atoms with Gasteiger partial charge in [-0.25, -0.2) is 0 Å². The molecular weight excluding hydrogens is 248 g/mol. The Morgan fingerprint density at radius 2 is 1.95 bits per heavy atom. The van der Waals surface area contributed by atoms with Gasteiger partial charge in [-0.2, -0.15) is 0 Å². The second kappa shape index (κ2) is 6.98. The Morgan fingerprint density at radius 3 is 2.55 bits per heavy atom. The van der Waals surface area contributed by atoms with E-state index in [1.807, 2.05) is 0 Å². The number of hydrogen-bond donors (Lipinski definition) is 1. The Morgan fingerprint density at radius 1 is 1.25 bits per heavy atom. The Kier molecular flexibility index (Phi) is 5.30. The number of ether oxygens (including phenoxy) is 1. The number of hydrogen-bond acceptors (Lipinski definition) is 3. The van der Waals surface area contributed by atoms with Gasteiger partial charge in [-0.3, -0.25) is 0 Å². The fourth-order valence-electron chi connectivity index (χ4n) is 2.69. The first-order valence-electron chi connectivity index (χ1n) is 7.85. The third-order valence-electron chi connectivity index (χ3n) is 4.11. The van der Waals surface area contributed by atoms with Gasteiger partial charge in [0.2, 0.25) is 0 Å². The van der Waals surface area contributed by atoms with Gasteiger partial charge in [0.25, 0.3) is 0 Å². The summed E-state index contributed by atoms with van der Waals surface area (Å²) in [6, 6.07) is 9.11. The topological polar surface area (TPSA) is 24.5 Å². The van der Waals surface area contributed by atoms with Gasteiger partial charge < -0.3 is 15.0 Å².